The molecular weight excluding hydrogens is 206 g/mol. The minimum absolute atomic E-state index is 0.101. The molecule has 0 saturated heterocycles. The van der Waals surface area contributed by atoms with Crippen molar-refractivity contribution in [2.75, 3.05) is 0 Å². The highest BCUT2D eigenvalue weighted by atomic mass is 16.4. The summed E-state index contributed by atoms with van der Waals surface area (Å²) in [5.41, 5.74) is 2.30. The lowest BCUT2D eigenvalue weighted by Crippen LogP contribution is -1.95. The summed E-state index contributed by atoms with van der Waals surface area (Å²) in [4.78, 5) is 14.9. The zero-order chi connectivity index (χ0) is 11.7. The molecule has 82 valence electrons. The van der Waals surface area contributed by atoms with Gasteiger partial charge in [-0.05, 0) is 26.0 Å². The predicted molar refractivity (Wildman–Crippen MR) is 58.4 cm³/mol. The largest absolute Gasteiger partial charge is 0.475 e. The number of aromatic nitrogens is 1. The maximum Gasteiger partial charge on any atom is 0.373 e. The van der Waals surface area contributed by atoms with Crippen LogP contribution in [-0.2, 0) is 0 Å². The molecular formula is C12H11NO3. The van der Waals surface area contributed by atoms with Gasteiger partial charge in [0.05, 0.1) is 5.69 Å². The van der Waals surface area contributed by atoms with Crippen molar-refractivity contribution in [2.45, 2.75) is 13.8 Å². The van der Waals surface area contributed by atoms with Crippen molar-refractivity contribution in [2.24, 2.45) is 0 Å². The third-order valence-electron chi connectivity index (χ3n) is 2.29. The number of carbonyl (C=O) groups is 1. The zero-order valence-electron chi connectivity index (χ0n) is 9.02. The Kier molecular flexibility index (Phi) is 2.48. The lowest BCUT2D eigenvalue weighted by molar-refractivity contribution is 0.0662. The molecule has 0 aliphatic heterocycles. The van der Waals surface area contributed by atoms with Gasteiger partial charge in [0.1, 0.15) is 0 Å². The smallest absolute Gasteiger partial charge is 0.373 e. The topological polar surface area (TPSA) is 63.3 Å². The second kappa shape index (κ2) is 3.81. The summed E-state index contributed by atoms with van der Waals surface area (Å²) in [5.74, 6) is -0.853. The van der Waals surface area contributed by atoms with E-state index in [4.69, 9.17) is 9.52 Å². The van der Waals surface area contributed by atoms with Crippen molar-refractivity contribution in [3.05, 3.63) is 41.3 Å². The summed E-state index contributed by atoms with van der Waals surface area (Å²) >= 11 is 0. The first-order valence-corrected chi connectivity index (χ1v) is 4.85. The van der Waals surface area contributed by atoms with Gasteiger partial charge in [0.15, 0.2) is 0 Å². The standard InChI is InChI=1S/C12H11NO3/c1-7-3-5-9(6-4-7)11-13-8(2)10(16-11)12(14)15/h3-6H,1-2H3,(H,14,15). The van der Waals surface area contributed by atoms with Crippen LogP contribution in [-0.4, -0.2) is 16.1 Å². The lowest BCUT2D eigenvalue weighted by atomic mass is 10.1. The van der Waals surface area contributed by atoms with Crippen LogP contribution in [0.2, 0.25) is 0 Å². The minimum Gasteiger partial charge on any atom is -0.475 e. The monoisotopic (exact) mass is 217 g/mol. The van der Waals surface area contributed by atoms with E-state index in [1.165, 1.54) is 0 Å². The molecule has 0 unspecified atom stereocenters. The van der Waals surface area contributed by atoms with Crippen LogP contribution in [0.4, 0.5) is 0 Å². The van der Waals surface area contributed by atoms with E-state index in [2.05, 4.69) is 4.98 Å². The molecule has 0 radical (unpaired) electrons. The quantitative estimate of drug-likeness (QED) is 0.839. The van der Waals surface area contributed by atoms with Crippen molar-refractivity contribution >= 4 is 5.97 Å². The van der Waals surface area contributed by atoms with Crippen LogP contribution in [0.3, 0.4) is 0 Å². The fourth-order valence-corrected chi connectivity index (χ4v) is 1.41. The van der Waals surface area contributed by atoms with Crippen molar-refractivity contribution < 1.29 is 14.3 Å². The molecule has 0 atom stereocenters. The van der Waals surface area contributed by atoms with Crippen LogP contribution in [0.1, 0.15) is 21.8 Å². The van der Waals surface area contributed by atoms with Gasteiger partial charge in [0.2, 0.25) is 11.7 Å². The third kappa shape index (κ3) is 1.82. The average molecular weight is 217 g/mol. The van der Waals surface area contributed by atoms with E-state index in [1.807, 2.05) is 31.2 Å². The second-order valence-corrected chi connectivity index (χ2v) is 3.60. The predicted octanol–water partition coefficient (Wildman–Crippen LogP) is 2.66. The number of hydrogen-bond donors (Lipinski definition) is 1. The highest BCUT2D eigenvalue weighted by Crippen LogP contribution is 2.21. The Morgan fingerprint density at radius 2 is 1.88 bits per heavy atom. The molecule has 0 spiro atoms. The van der Waals surface area contributed by atoms with Gasteiger partial charge in [-0.2, -0.15) is 0 Å². The van der Waals surface area contributed by atoms with Gasteiger partial charge in [-0.3, -0.25) is 0 Å². The Hall–Kier alpha value is -2.10. The number of aromatic carboxylic acids is 1. The molecule has 0 aliphatic rings. The van der Waals surface area contributed by atoms with Gasteiger partial charge >= 0.3 is 5.97 Å². The van der Waals surface area contributed by atoms with E-state index in [9.17, 15) is 4.79 Å². The molecule has 0 aliphatic carbocycles. The summed E-state index contributed by atoms with van der Waals surface area (Å²) in [5, 5.41) is 8.84. The van der Waals surface area contributed by atoms with Crippen LogP contribution in [0.25, 0.3) is 11.5 Å². The van der Waals surface area contributed by atoms with Crippen LogP contribution in [0, 0.1) is 13.8 Å². The van der Waals surface area contributed by atoms with Gasteiger partial charge < -0.3 is 9.52 Å². The van der Waals surface area contributed by atoms with Crippen LogP contribution < -0.4 is 0 Å². The maximum atomic E-state index is 10.8. The number of oxazole rings is 1. The van der Waals surface area contributed by atoms with Gasteiger partial charge in [-0.25, -0.2) is 9.78 Å². The van der Waals surface area contributed by atoms with Crippen LogP contribution in [0.5, 0.6) is 0 Å². The SMILES string of the molecule is Cc1ccc(-c2nc(C)c(C(=O)O)o2)cc1. The van der Waals surface area contributed by atoms with E-state index in [1.54, 1.807) is 6.92 Å². The fourth-order valence-electron chi connectivity index (χ4n) is 1.41. The molecule has 1 N–H and O–H groups in total. The van der Waals surface area contributed by atoms with E-state index >= 15 is 0 Å². The molecule has 0 saturated carbocycles. The molecule has 4 nitrogen and oxygen atoms in total. The van der Waals surface area contributed by atoms with Crippen molar-refractivity contribution in [1.29, 1.82) is 0 Å². The number of carboxylic acids is 1. The van der Waals surface area contributed by atoms with Gasteiger partial charge in [0, 0.05) is 5.56 Å². The Labute approximate surface area is 92.6 Å². The molecule has 1 aromatic heterocycles. The summed E-state index contributed by atoms with van der Waals surface area (Å²) in [6.07, 6.45) is 0. The maximum absolute atomic E-state index is 10.8. The average Bonchev–Trinajstić information content (AvgIpc) is 2.61. The van der Waals surface area contributed by atoms with Gasteiger partial charge in [-0.15, -0.1) is 0 Å². The highest BCUT2D eigenvalue weighted by molar-refractivity contribution is 5.86. The molecule has 2 rings (SSSR count). The van der Waals surface area contributed by atoms with E-state index in [0.29, 0.717) is 11.6 Å². The van der Waals surface area contributed by atoms with E-state index in [0.717, 1.165) is 11.1 Å². The summed E-state index contributed by atoms with van der Waals surface area (Å²) in [7, 11) is 0. The first-order valence-electron chi connectivity index (χ1n) is 4.85. The lowest BCUT2D eigenvalue weighted by Gasteiger charge is -1.95. The van der Waals surface area contributed by atoms with Crippen LogP contribution >= 0.6 is 0 Å². The van der Waals surface area contributed by atoms with Crippen molar-refractivity contribution in [3.8, 4) is 11.5 Å². The Morgan fingerprint density at radius 1 is 1.25 bits per heavy atom. The fraction of sp³-hybridized carbons (Fsp3) is 0.167. The Bertz CT molecular complexity index is 526. The van der Waals surface area contributed by atoms with Gasteiger partial charge in [0.25, 0.3) is 0 Å². The number of benzene rings is 1. The summed E-state index contributed by atoms with van der Waals surface area (Å²) in [6.45, 7) is 3.60. The normalized spacial score (nSPS) is 10.4. The van der Waals surface area contributed by atoms with E-state index in [-0.39, 0.29) is 5.76 Å². The Balaban J connectivity index is 2.45. The molecule has 4 heteroatoms. The second-order valence-electron chi connectivity index (χ2n) is 3.60. The Morgan fingerprint density at radius 3 is 2.38 bits per heavy atom. The minimum atomic E-state index is -1.09. The molecule has 0 fully saturated rings. The number of nitrogens with zero attached hydrogens (tertiary/aromatic N) is 1. The summed E-state index contributed by atoms with van der Waals surface area (Å²) in [6, 6.07) is 7.56. The van der Waals surface area contributed by atoms with E-state index < -0.39 is 5.97 Å². The first kappa shape index (κ1) is 10.4. The number of hydrogen-bond acceptors (Lipinski definition) is 3. The van der Waals surface area contributed by atoms with Gasteiger partial charge in [-0.1, -0.05) is 17.7 Å². The summed E-state index contributed by atoms with van der Waals surface area (Å²) < 4.78 is 5.19. The molecule has 2 aromatic rings. The first-order chi connectivity index (χ1) is 7.58. The number of aryl methyl sites for hydroxylation is 2. The molecule has 0 bridgehead atoms. The zero-order valence-corrected chi connectivity index (χ0v) is 9.02. The molecule has 0 amide bonds. The van der Waals surface area contributed by atoms with Crippen molar-refractivity contribution in [1.82, 2.24) is 4.98 Å². The molecule has 1 aromatic carbocycles. The van der Waals surface area contributed by atoms with Crippen molar-refractivity contribution in [3.63, 3.8) is 0 Å². The third-order valence-corrected chi connectivity index (χ3v) is 2.29. The number of rotatable bonds is 2. The van der Waals surface area contributed by atoms with Crippen LogP contribution in [0.15, 0.2) is 28.7 Å². The molecule has 16 heavy (non-hydrogen) atoms. The number of carboxylic acid groups (broad SMARTS) is 1. The highest BCUT2D eigenvalue weighted by Gasteiger charge is 2.16. The molecule has 1 heterocycles.